The zero-order valence-corrected chi connectivity index (χ0v) is 20.4. The Kier molecular flexibility index (Phi) is 6.16. The first-order valence-electron chi connectivity index (χ1n) is 11.8. The van der Waals surface area contributed by atoms with Crippen molar-refractivity contribution in [1.29, 1.82) is 0 Å². The second-order valence-corrected chi connectivity index (χ2v) is 9.02. The maximum absolute atomic E-state index is 6.10. The van der Waals surface area contributed by atoms with Gasteiger partial charge in [-0.05, 0) is 54.4 Å². The van der Waals surface area contributed by atoms with Gasteiger partial charge in [-0.25, -0.2) is 4.99 Å². The van der Waals surface area contributed by atoms with E-state index in [1.807, 2.05) is 24.1 Å². The maximum Gasteiger partial charge on any atom is 0.217 e. The van der Waals surface area contributed by atoms with E-state index in [4.69, 9.17) is 14.6 Å². The van der Waals surface area contributed by atoms with Gasteiger partial charge in [-0.15, -0.1) is 0 Å². The Morgan fingerprint density at radius 1 is 0.912 bits per heavy atom. The van der Waals surface area contributed by atoms with Crippen molar-refractivity contribution in [2.45, 2.75) is 20.0 Å². The number of aryl methyl sites for hydroxylation is 1. The van der Waals surface area contributed by atoms with E-state index < -0.39 is 0 Å². The minimum atomic E-state index is -0.236. The highest BCUT2D eigenvalue weighted by molar-refractivity contribution is 5.79. The van der Waals surface area contributed by atoms with Crippen LogP contribution >= 0.6 is 0 Å². The summed E-state index contributed by atoms with van der Waals surface area (Å²) >= 11 is 0. The van der Waals surface area contributed by atoms with Crippen molar-refractivity contribution < 1.29 is 9.57 Å². The Morgan fingerprint density at radius 2 is 1.65 bits per heavy atom. The van der Waals surface area contributed by atoms with Crippen LogP contribution in [0.5, 0.6) is 5.75 Å². The molecule has 34 heavy (non-hydrogen) atoms. The van der Waals surface area contributed by atoms with E-state index in [0.29, 0.717) is 5.90 Å². The van der Waals surface area contributed by atoms with Gasteiger partial charge in [-0.3, -0.25) is 0 Å². The largest absolute Gasteiger partial charge is 0.495 e. The third-order valence-corrected chi connectivity index (χ3v) is 6.68. The molecule has 0 spiro atoms. The van der Waals surface area contributed by atoms with Crippen LogP contribution in [0.15, 0.2) is 71.7 Å². The Bertz CT molecular complexity index is 1180. The lowest BCUT2D eigenvalue weighted by atomic mass is 9.99. The molecule has 5 rings (SSSR count). The van der Waals surface area contributed by atoms with Crippen LogP contribution in [0.3, 0.4) is 0 Å². The van der Waals surface area contributed by atoms with E-state index in [9.17, 15) is 0 Å². The number of nitrogens with zero attached hydrogens (tertiary/aromatic N) is 4. The zero-order chi connectivity index (χ0) is 23.7. The molecule has 3 aromatic rings. The molecule has 1 unspecified atom stereocenters. The summed E-state index contributed by atoms with van der Waals surface area (Å²) in [5.74, 6) is 1.54. The van der Waals surface area contributed by atoms with Crippen LogP contribution in [0.25, 0.3) is 11.1 Å². The topological polar surface area (TPSA) is 40.5 Å². The number of hydrogen-bond donors (Lipinski definition) is 0. The van der Waals surface area contributed by atoms with Crippen molar-refractivity contribution in [2.24, 2.45) is 4.99 Å². The molecule has 0 N–H and O–H groups in total. The zero-order valence-electron chi connectivity index (χ0n) is 20.4. The lowest BCUT2D eigenvalue weighted by molar-refractivity contribution is 0.266. The van der Waals surface area contributed by atoms with Gasteiger partial charge in [0.1, 0.15) is 5.75 Å². The van der Waals surface area contributed by atoms with E-state index >= 15 is 0 Å². The fourth-order valence-corrected chi connectivity index (χ4v) is 4.69. The molecule has 2 heterocycles. The lowest BCUT2D eigenvalue weighted by Crippen LogP contribution is -2.44. The van der Waals surface area contributed by atoms with Crippen LogP contribution in [0.4, 0.5) is 11.4 Å². The summed E-state index contributed by atoms with van der Waals surface area (Å²) in [6.45, 7) is 8.05. The van der Waals surface area contributed by atoms with Crippen LogP contribution in [0.1, 0.15) is 24.2 Å². The van der Waals surface area contributed by atoms with Gasteiger partial charge in [0.2, 0.25) is 5.90 Å². The van der Waals surface area contributed by atoms with Crippen LogP contribution in [0.2, 0.25) is 0 Å². The third-order valence-electron chi connectivity index (χ3n) is 6.68. The number of rotatable bonds is 5. The van der Waals surface area contributed by atoms with Crippen molar-refractivity contribution in [2.75, 3.05) is 50.3 Å². The number of anilines is 2. The third kappa shape index (κ3) is 4.33. The Hall–Kier alpha value is -3.51. The molecule has 2 aliphatic heterocycles. The molecule has 0 amide bonds. The van der Waals surface area contributed by atoms with Crippen LogP contribution < -0.4 is 14.7 Å². The highest BCUT2D eigenvalue weighted by Crippen LogP contribution is 2.39. The molecule has 6 heteroatoms. The predicted molar refractivity (Wildman–Crippen MR) is 139 cm³/mol. The summed E-state index contributed by atoms with van der Waals surface area (Å²) in [4.78, 5) is 15.6. The highest BCUT2D eigenvalue weighted by Gasteiger charge is 2.30. The average Bonchev–Trinajstić information content (AvgIpc) is 3.26. The molecule has 0 saturated carbocycles. The molecule has 0 aromatic heterocycles. The summed E-state index contributed by atoms with van der Waals surface area (Å²) in [5.41, 5.74) is 6.86. The predicted octanol–water partition coefficient (Wildman–Crippen LogP) is 5.29. The van der Waals surface area contributed by atoms with E-state index in [1.165, 1.54) is 16.7 Å². The van der Waals surface area contributed by atoms with E-state index in [2.05, 4.69) is 78.4 Å². The number of hydrogen-bond acceptors (Lipinski definition) is 6. The molecule has 1 atom stereocenters. The number of methoxy groups -OCH3 is 1. The monoisotopic (exact) mass is 456 g/mol. The normalized spacial score (nSPS) is 18.6. The number of benzene rings is 3. The second kappa shape index (κ2) is 9.39. The number of likely N-dealkylation sites (N-methyl/N-ethyl adjacent to an activating group) is 1. The minimum absolute atomic E-state index is 0.236. The second-order valence-electron chi connectivity index (χ2n) is 9.02. The Balaban J connectivity index is 1.44. The van der Waals surface area contributed by atoms with Crippen LogP contribution in [-0.2, 0) is 4.84 Å². The van der Waals surface area contributed by atoms with Gasteiger partial charge in [0.25, 0.3) is 0 Å². The van der Waals surface area contributed by atoms with Gasteiger partial charge in [0.15, 0.2) is 6.17 Å². The van der Waals surface area contributed by atoms with Crippen molar-refractivity contribution in [3.05, 3.63) is 77.9 Å². The molecule has 2 aliphatic rings. The summed E-state index contributed by atoms with van der Waals surface area (Å²) in [7, 11) is 3.89. The van der Waals surface area contributed by atoms with Crippen molar-refractivity contribution in [3.63, 3.8) is 0 Å². The van der Waals surface area contributed by atoms with Gasteiger partial charge >= 0.3 is 0 Å². The van der Waals surface area contributed by atoms with Crippen molar-refractivity contribution in [3.8, 4) is 16.9 Å². The first-order valence-corrected chi connectivity index (χ1v) is 11.8. The van der Waals surface area contributed by atoms with Gasteiger partial charge < -0.3 is 19.4 Å². The standard InChI is InChI=1S/C28H32N4O2/c1-20-7-5-6-8-25(20)22-9-11-23(12-10-22)28-29-21(2)34-32(28)24-13-14-27(33-4)26(19-24)31-17-15-30(3)16-18-31/h5-14,19,28H,15-18H2,1-4H3. The summed E-state index contributed by atoms with van der Waals surface area (Å²) in [6, 6.07) is 23.3. The molecule has 176 valence electrons. The lowest BCUT2D eigenvalue weighted by Gasteiger charge is -2.35. The molecular formula is C28H32N4O2. The number of hydroxylamine groups is 1. The molecule has 1 fully saturated rings. The highest BCUT2D eigenvalue weighted by atomic mass is 16.7. The maximum atomic E-state index is 6.10. The van der Waals surface area contributed by atoms with Crippen LogP contribution in [-0.4, -0.2) is 51.1 Å². The molecule has 0 bridgehead atoms. The first-order chi connectivity index (χ1) is 16.5. The van der Waals surface area contributed by atoms with E-state index in [-0.39, 0.29) is 6.17 Å². The van der Waals surface area contributed by atoms with Crippen LogP contribution in [0, 0.1) is 6.92 Å². The minimum Gasteiger partial charge on any atom is -0.495 e. The number of ether oxygens (including phenoxy) is 1. The van der Waals surface area contributed by atoms with Gasteiger partial charge in [-0.1, -0.05) is 48.5 Å². The molecule has 0 radical (unpaired) electrons. The molecular weight excluding hydrogens is 424 g/mol. The number of piperazine rings is 1. The van der Waals surface area contributed by atoms with E-state index in [1.54, 1.807) is 7.11 Å². The Labute approximate surface area is 202 Å². The first kappa shape index (κ1) is 22.3. The average molecular weight is 457 g/mol. The van der Waals surface area contributed by atoms with Gasteiger partial charge in [0.05, 0.1) is 18.5 Å². The van der Waals surface area contributed by atoms with Gasteiger partial charge in [0, 0.05) is 33.1 Å². The number of aliphatic imine (C=N–C) groups is 1. The molecule has 0 aliphatic carbocycles. The summed E-state index contributed by atoms with van der Waals surface area (Å²) in [6.07, 6.45) is -0.236. The molecule has 3 aromatic carbocycles. The smallest absolute Gasteiger partial charge is 0.217 e. The van der Waals surface area contributed by atoms with E-state index in [0.717, 1.165) is 48.9 Å². The fraction of sp³-hybridized carbons (Fsp3) is 0.321. The SMILES string of the molecule is COc1ccc(N2OC(C)=NC2c2ccc(-c3ccccc3C)cc2)cc1N1CCN(C)CC1. The Morgan fingerprint density at radius 3 is 2.35 bits per heavy atom. The molecule has 6 nitrogen and oxygen atoms in total. The summed E-state index contributed by atoms with van der Waals surface area (Å²) < 4.78 is 5.70. The summed E-state index contributed by atoms with van der Waals surface area (Å²) in [5, 5.41) is 1.90. The fourth-order valence-electron chi connectivity index (χ4n) is 4.69. The van der Waals surface area contributed by atoms with Crippen molar-refractivity contribution >= 4 is 17.3 Å². The van der Waals surface area contributed by atoms with Crippen molar-refractivity contribution in [1.82, 2.24) is 4.90 Å². The molecule has 1 saturated heterocycles. The van der Waals surface area contributed by atoms with Gasteiger partial charge in [-0.2, -0.15) is 5.06 Å². The quantitative estimate of drug-likeness (QED) is 0.522.